The highest BCUT2D eigenvalue weighted by Crippen LogP contribution is 2.31. The standard InChI is InChI=1S/C9H15NO2/c1-12-9(11)7-4-2-6-3-5-8(7)10-6/h6-8,10H,2-5H2,1H3/t6-,7+,8-/m0/s1. The summed E-state index contributed by atoms with van der Waals surface area (Å²) in [5.41, 5.74) is 0. The molecule has 2 fully saturated rings. The van der Waals surface area contributed by atoms with E-state index in [0.29, 0.717) is 12.1 Å². The molecule has 2 bridgehead atoms. The van der Waals surface area contributed by atoms with Crippen molar-refractivity contribution in [2.75, 3.05) is 7.11 Å². The molecule has 0 aromatic carbocycles. The van der Waals surface area contributed by atoms with Gasteiger partial charge in [-0.2, -0.15) is 0 Å². The molecular weight excluding hydrogens is 154 g/mol. The van der Waals surface area contributed by atoms with Gasteiger partial charge < -0.3 is 10.1 Å². The van der Waals surface area contributed by atoms with E-state index in [-0.39, 0.29) is 11.9 Å². The van der Waals surface area contributed by atoms with Crippen LogP contribution in [0.15, 0.2) is 0 Å². The number of piperidine rings is 1. The van der Waals surface area contributed by atoms with E-state index in [9.17, 15) is 4.79 Å². The number of carbonyl (C=O) groups excluding carboxylic acids is 1. The Bertz CT molecular complexity index is 193. The topological polar surface area (TPSA) is 38.3 Å². The summed E-state index contributed by atoms with van der Waals surface area (Å²) in [5, 5.41) is 3.45. The van der Waals surface area contributed by atoms with E-state index in [1.165, 1.54) is 13.5 Å². The van der Waals surface area contributed by atoms with Gasteiger partial charge in [-0.3, -0.25) is 4.79 Å². The van der Waals surface area contributed by atoms with Gasteiger partial charge in [0.25, 0.3) is 0 Å². The minimum atomic E-state index is -0.0344. The Kier molecular flexibility index (Phi) is 2.05. The van der Waals surface area contributed by atoms with Crippen LogP contribution in [0.1, 0.15) is 25.7 Å². The summed E-state index contributed by atoms with van der Waals surface area (Å²) in [5.74, 6) is 0.0848. The number of methoxy groups -OCH3 is 1. The van der Waals surface area contributed by atoms with Crippen molar-refractivity contribution in [2.24, 2.45) is 5.92 Å². The summed E-state index contributed by atoms with van der Waals surface area (Å²) < 4.78 is 4.76. The maximum absolute atomic E-state index is 11.3. The van der Waals surface area contributed by atoms with E-state index in [0.717, 1.165) is 19.3 Å². The summed E-state index contributed by atoms with van der Waals surface area (Å²) in [4.78, 5) is 11.3. The van der Waals surface area contributed by atoms with E-state index >= 15 is 0 Å². The van der Waals surface area contributed by atoms with Crippen molar-refractivity contribution in [3.8, 4) is 0 Å². The lowest BCUT2D eigenvalue weighted by Crippen LogP contribution is -2.43. The zero-order valence-corrected chi connectivity index (χ0v) is 7.38. The van der Waals surface area contributed by atoms with Gasteiger partial charge in [0.2, 0.25) is 0 Å². The highest BCUT2D eigenvalue weighted by Gasteiger charge is 2.39. The Morgan fingerprint density at radius 3 is 2.83 bits per heavy atom. The van der Waals surface area contributed by atoms with Gasteiger partial charge in [-0.05, 0) is 25.7 Å². The van der Waals surface area contributed by atoms with Crippen molar-refractivity contribution in [2.45, 2.75) is 37.8 Å². The van der Waals surface area contributed by atoms with E-state index in [2.05, 4.69) is 5.32 Å². The Balaban J connectivity index is 2.02. The maximum atomic E-state index is 11.3. The molecule has 0 unspecified atom stereocenters. The molecule has 12 heavy (non-hydrogen) atoms. The molecule has 3 atom stereocenters. The third-order valence-corrected chi connectivity index (χ3v) is 3.09. The monoisotopic (exact) mass is 169 g/mol. The fourth-order valence-electron chi connectivity index (χ4n) is 2.41. The van der Waals surface area contributed by atoms with E-state index in [1.807, 2.05) is 0 Å². The van der Waals surface area contributed by atoms with Crippen molar-refractivity contribution < 1.29 is 9.53 Å². The Morgan fingerprint density at radius 2 is 2.08 bits per heavy atom. The molecule has 0 amide bonds. The second-order valence-corrected chi connectivity index (χ2v) is 3.75. The molecular formula is C9H15NO2. The molecule has 0 radical (unpaired) electrons. The highest BCUT2D eigenvalue weighted by atomic mass is 16.5. The zero-order chi connectivity index (χ0) is 8.55. The van der Waals surface area contributed by atoms with E-state index in [1.54, 1.807) is 0 Å². The minimum absolute atomic E-state index is 0.0344. The predicted molar refractivity (Wildman–Crippen MR) is 44.7 cm³/mol. The van der Waals surface area contributed by atoms with Crippen LogP contribution in [0.4, 0.5) is 0 Å². The summed E-state index contributed by atoms with van der Waals surface area (Å²) in [6.07, 6.45) is 4.52. The average Bonchev–Trinajstić information content (AvgIpc) is 2.47. The first-order valence-electron chi connectivity index (χ1n) is 4.65. The van der Waals surface area contributed by atoms with Gasteiger partial charge in [0, 0.05) is 12.1 Å². The molecule has 3 heteroatoms. The smallest absolute Gasteiger partial charge is 0.310 e. The molecule has 3 nitrogen and oxygen atoms in total. The van der Waals surface area contributed by atoms with Crippen LogP contribution in [0.5, 0.6) is 0 Å². The molecule has 2 aliphatic rings. The van der Waals surface area contributed by atoms with Crippen LogP contribution in [-0.4, -0.2) is 25.2 Å². The quantitative estimate of drug-likeness (QED) is 0.587. The molecule has 2 rings (SSSR count). The number of hydrogen-bond acceptors (Lipinski definition) is 3. The number of nitrogens with one attached hydrogen (secondary N) is 1. The van der Waals surface area contributed by atoms with Gasteiger partial charge in [0.15, 0.2) is 0 Å². The number of fused-ring (bicyclic) bond motifs is 2. The molecule has 0 saturated carbocycles. The number of hydrogen-bond donors (Lipinski definition) is 1. The number of carbonyl (C=O) groups is 1. The van der Waals surface area contributed by atoms with E-state index < -0.39 is 0 Å². The SMILES string of the molecule is COC(=O)[C@@H]1CC[C@H]2CC[C@@H]1N2. The van der Waals surface area contributed by atoms with Crippen molar-refractivity contribution in [3.05, 3.63) is 0 Å². The Morgan fingerprint density at radius 1 is 1.33 bits per heavy atom. The van der Waals surface area contributed by atoms with Crippen molar-refractivity contribution in [1.29, 1.82) is 0 Å². The Hall–Kier alpha value is -0.570. The molecule has 68 valence electrons. The van der Waals surface area contributed by atoms with Crippen molar-refractivity contribution in [1.82, 2.24) is 5.32 Å². The lowest BCUT2D eigenvalue weighted by atomic mass is 9.92. The minimum Gasteiger partial charge on any atom is -0.469 e. The van der Waals surface area contributed by atoms with Crippen LogP contribution in [0.25, 0.3) is 0 Å². The number of ether oxygens (including phenoxy) is 1. The molecule has 2 saturated heterocycles. The summed E-state index contributed by atoms with van der Waals surface area (Å²) in [6, 6.07) is 1.08. The maximum Gasteiger partial charge on any atom is 0.310 e. The molecule has 0 aromatic heterocycles. The third-order valence-electron chi connectivity index (χ3n) is 3.09. The summed E-state index contributed by atoms with van der Waals surface area (Å²) in [6.45, 7) is 0. The van der Waals surface area contributed by atoms with Gasteiger partial charge in [0.1, 0.15) is 0 Å². The van der Waals surface area contributed by atoms with Crippen molar-refractivity contribution in [3.63, 3.8) is 0 Å². The highest BCUT2D eigenvalue weighted by molar-refractivity contribution is 5.73. The lowest BCUT2D eigenvalue weighted by molar-refractivity contribution is -0.147. The first-order valence-corrected chi connectivity index (χ1v) is 4.65. The normalized spacial score (nSPS) is 39.6. The molecule has 0 aliphatic carbocycles. The van der Waals surface area contributed by atoms with Crippen LogP contribution >= 0.6 is 0 Å². The number of esters is 1. The van der Waals surface area contributed by atoms with E-state index in [4.69, 9.17) is 4.74 Å². The number of rotatable bonds is 1. The van der Waals surface area contributed by atoms with Gasteiger partial charge in [-0.15, -0.1) is 0 Å². The second-order valence-electron chi connectivity index (χ2n) is 3.75. The average molecular weight is 169 g/mol. The van der Waals surface area contributed by atoms with Crippen LogP contribution in [0, 0.1) is 5.92 Å². The lowest BCUT2D eigenvalue weighted by Gasteiger charge is -2.27. The molecule has 2 heterocycles. The van der Waals surface area contributed by atoms with Crippen LogP contribution in [0.3, 0.4) is 0 Å². The molecule has 0 spiro atoms. The van der Waals surface area contributed by atoms with Gasteiger partial charge in [-0.1, -0.05) is 0 Å². The van der Waals surface area contributed by atoms with Gasteiger partial charge in [0.05, 0.1) is 13.0 Å². The first kappa shape index (κ1) is 8.05. The van der Waals surface area contributed by atoms with Crippen LogP contribution in [-0.2, 0) is 9.53 Å². The zero-order valence-electron chi connectivity index (χ0n) is 7.38. The first-order chi connectivity index (χ1) is 5.81. The second kappa shape index (κ2) is 3.05. The predicted octanol–water partition coefficient (Wildman–Crippen LogP) is 0.690. The summed E-state index contributed by atoms with van der Waals surface area (Å²) >= 11 is 0. The third kappa shape index (κ3) is 1.22. The largest absolute Gasteiger partial charge is 0.469 e. The fourth-order valence-corrected chi connectivity index (χ4v) is 2.41. The van der Waals surface area contributed by atoms with Crippen molar-refractivity contribution >= 4 is 5.97 Å². The molecule has 2 aliphatic heterocycles. The van der Waals surface area contributed by atoms with Gasteiger partial charge >= 0.3 is 5.97 Å². The summed E-state index contributed by atoms with van der Waals surface area (Å²) in [7, 11) is 1.48. The van der Waals surface area contributed by atoms with Crippen LogP contribution in [0.2, 0.25) is 0 Å². The Labute approximate surface area is 72.5 Å². The molecule has 1 N–H and O–H groups in total. The fraction of sp³-hybridized carbons (Fsp3) is 0.889. The van der Waals surface area contributed by atoms with Crippen LogP contribution < -0.4 is 5.32 Å². The van der Waals surface area contributed by atoms with Gasteiger partial charge in [-0.25, -0.2) is 0 Å². The molecule has 0 aromatic rings.